The number of methoxy groups -OCH3 is 1. The highest BCUT2D eigenvalue weighted by Gasteiger charge is 2.13. The van der Waals surface area contributed by atoms with E-state index in [1.165, 1.54) is 6.20 Å². The maximum Gasteiger partial charge on any atom is 0.257 e. The number of aryl methyl sites for hydroxylation is 2. The van der Waals surface area contributed by atoms with Crippen LogP contribution in [-0.2, 0) is 6.61 Å². The number of amides is 1. The molecule has 0 unspecified atom stereocenters. The Morgan fingerprint density at radius 3 is 2.66 bits per heavy atom. The second-order valence-corrected chi connectivity index (χ2v) is 8.05. The molecule has 176 valence electrons. The number of pyridine rings is 2. The average molecular weight is 469 g/mol. The number of rotatable bonds is 7. The number of carbonyl (C=O) groups excluding carboxylic acids is 1. The highest BCUT2D eigenvalue weighted by molar-refractivity contribution is 6.04. The van der Waals surface area contributed by atoms with E-state index in [0.29, 0.717) is 28.6 Å². The zero-order valence-electron chi connectivity index (χ0n) is 19.6. The van der Waals surface area contributed by atoms with Crippen LogP contribution in [0, 0.1) is 13.8 Å². The molecule has 0 spiro atoms. The monoisotopic (exact) mass is 468 g/mol. The number of ether oxygens (including phenoxy) is 2. The Hall–Kier alpha value is -4.66. The SMILES string of the molecule is COc1ccc(NC(=O)c2ccc(-n3nc(C)cc3C)nc2)cc1OCc1cn2ccccc2n1. The van der Waals surface area contributed by atoms with E-state index in [2.05, 4.69) is 20.4 Å². The number of carbonyl (C=O) groups is 1. The van der Waals surface area contributed by atoms with Gasteiger partial charge in [-0.05, 0) is 56.3 Å². The van der Waals surface area contributed by atoms with Gasteiger partial charge in [-0.3, -0.25) is 4.79 Å². The molecule has 1 aromatic carbocycles. The number of hydrogen-bond donors (Lipinski definition) is 1. The van der Waals surface area contributed by atoms with Gasteiger partial charge in [-0.1, -0.05) is 6.07 Å². The molecular formula is C26H24N6O3. The Kier molecular flexibility index (Phi) is 5.88. The van der Waals surface area contributed by atoms with E-state index in [-0.39, 0.29) is 12.5 Å². The fourth-order valence-electron chi connectivity index (χ4n) is 3.79. The summed E-state index contributed by atoms with van der Waals surface area (Å²) in [6.07, 6.45) is 5.38. The van der Waals surface area contributed by atoms with E-state index in [0.717, 1.165) is 22.7 Å². The predicted octanol–water partition coefficient (Wildman–Crippen LogP) is 4.37. The third-order valence-electron chi connectivity index (χ3n) is 5.45. The first kappa shape index (κ1) is 22.1. The van der Waals surface area contributed by atoms with Gasteiger partial charge in [-0.25, -0.2) is 14.6 Å². The van der Waals surface area contributed by atoms with E-state index >= 15 is 0 Å². The molecule has 1 N–H and O–H groups in total. The zero-order valence-corrected chi connectivity index (χ0v) is 19.6. The van der Waals surface area contributed by atoms with Crippen LogP contribution < -0.4 is 14.8 Å². The molecule has 9 nitrogen and oxygen atoms in total. The summed E-state index contributed by atoms with van der Waals surface area (Å²) in [5, 5.41) is 7.31. The Morgan fingerprint density at radius 1 is 1.06 bits per heavy atom. The number of hydrogen-bond acceptors (Lipinski definition) is 6. The molecule has 0 atom stereocenters. The third-order valence-corrected chi connectivity index (χ3v) is 5.45. The number of nitrogens with one attached hydrogen (secondary N) is 1. The Bertz CT molecular complexity index is 1470. The Morgan fingerprint density at radius 2 is 1.94 bits per heavy atom. The van der Waals surface area contributed by atoms with Crippen molar-refractivity contribution < 1.29 is 14.3 Å². The molecule has 0 aliphatic carbocycles. The van der Waals surface area contributed by atoms with Crippen LogP contribution in [0.5, 0.6) is 11.5 Å². The van der Waals surface area contributed by atoms with Gasteiger partial charge in [0, 0.05) is 36.0 Å². The van der Waals surface area contributed by atoms with Crippen LogP contribution >= 0.6 is 0 Å². The first-order chi connectivity index (χ1) is 17.0. The number of fused-ring (bicyclic) bond motifs is 1. The summed E-state index contributed by atoms with van der Waals surface area (Å²) in [7, 11) is 1.57. The van der Waals surface area contributed by atoms with E-state index < -0.39 is 0 Å². The molecule has 0 aliphatic heterocycles. The molecular weight excluding hydrogens is 444 g/mol. The number of aromatic nitrogens is 5. The summed E-state index contributed by atoms with van der Waals surface area (Å²) in [5.41, 5.74) is 4.51. The van der Waals surface area contributed by atoms with Crippen molar-refractivity contribution in [2.75, 3.05) is 12.4 Å². The first-order valence-electron chi connectivity index (χ1n) is 11.0. The van der Waals surface area contributed by atoms with Gasteiger partial charge < -0.3 is 19.2 Å². The molecule has 35 heavy (non-hydrogen) atoms. The molecule has 0 fully saturated rings. The first-order valence-corrected chi connectivity index (χ1v) is 11.0. The van der Waals surface area contributed by atoms with Crippen LogP contribution in [0.2, 0.25) is 0 Å². The molecule has 9 heteroatoms. The van der Waals surface area contributed by atoms with Gasteiger partial charge in [0.25, 0.3) is 5.91 Å². The predicted molar refractivity (Wildman–Crippen MR) is 131 cm³/mol. The van der Waals surface area contributed by atoms with Crippen molar-refractivity contribution in [3.63, 3.8) is 0 Å². The number of benzene rings is 1. The van der Waals surface area contributed by atoms with Crippen molar-refractivity contribution in [3.8, 4) is 17.3 Å². The summed E-state index contributed by atoms with van der Waals surface area (Å²) in [4.78, 5) is 21.8. The number of anilines is 1. The van der Waals surface area contributed by atoms with Crippen molar-refractivity contribution in [1.82, 2.24) is 24.1 Å². The summed E-state index contributed by atoms with van der Waals surface area (Å²) >= 11 is 0. The van der Waals surface area contributed by atoms with Crippen molar-refractivity contribution in [2.24, 2.45) is 0 Å². The number of nitrogens with zero attached hydrogens (tertiary/aromatic N) is 5. The van der Waals surface area contributed by atoms with Gasteiger partial charge in [0.05, 0.1) is 24.1 Å². The van der Waals surface area contributed by atoms with Crippen LogP contribution in [0.15, 0.2) is 73.2 Å². The fourth-order valence-corrected chi connectivity index (χ4v) is 3.79. The highest BCUT2D eigenvalue weighted by atomic mass is 16.5. The van der Waals surface area contributed by atoms with Crippen molar-refractivity contribution in [3.05, 3.63) is 95.8 Å². The molecule has 0 saturated heterocycles. The molecule has 0 saturated carbocycles. The Balaban J connectivity index is 1.29. The normalized spacial score (nSPS) is 10.9. The van der Waals surface area contributed by atoms with Crippen molar-refractivity contribution >= 4 is 17.2 Å². The van der Waals surface area contributed by atoms with Gasteiger partial charge in [-0.2, -0.15) is 5.10 Å². The van der Waals surface area contributed by atoms with Crippen LogP contribution in [0.3, 0.4) is 0 Å². The topological polar surface area (TPSA) is 95.6 Å². The lowest BCUT2D eigenvalue weighted by molar-refractivity contribution is 0.102. The summed E-state index contributed by atoms with van der Waals surface area (Å²) in [6, 6.07) is 16.5. The molecule has 1 amide bonds. The summed E-state index contributed by atoms with van der Waals surface area (Å²) in [6.45, 7) is 4.14. The molecule has 0 aliphatic rings. The second-order valence-electron chi connectivity index (χ2n) is 8.05. The van der Waals surface area contributed by atoms with E-state index in [4.69, 9.17) is 9.47 Å². The lowest BCUT2D eigenvalue weighted by Gasteiger charge is -2.12. The summed E-state index contributed by atoms with van der Waals surface area (Å²) in [5.74, 6) is 1.43. The minimum Gasteiger partial charge on any atom is -0.493 e. The maximum atomic E-state index is 12.8. The lowest BCUT2D eigenvalue weighted by atomic mass is 10.2. The van der Waals surface area contributed by atoms with Crippen LogP contribution in [0.25, 0.3) is 11.5 Å². The molecule has 4 aromatic heterocycles. The molecule has 0 radical (unpaired) electrons. The minimum atomic E-state index is -0.283. The van der Waals surface area contributed by atoms with Crippen LogP contribution in [0.4, 0.5) is 5.69 Å². The maximum absolute atomic E-state index is 12.8. The van der Waals surface area contributed by atoms with Crippen molar-refractivity contribution in [1.29, 1.82) is 0 Å². The average Bonchev–Trinajstić information content (AvgIpc) is 3.44. The van der Waals surface area contributed by atoms with Gasteiger partial charge in [0.15, 0.2) is 17.3 Å². The summed E-state index contributed by atoms with van der Waals surface area (Å²) < 4.78 is 15.1. The van der Waals surface area contributed by atoms with E-state index in [1.54, 1.807) is 42.1 Å². The van der Waals surface area contributed by atoms with Crippen LogP contribution in [-0.4, -0.2) is 37.2 Å². The molecule has 4 heterocycles. The van der Waals surface area contributed by atoms with Gasteiger partial charge in [0.1, 0.15) is 12.3 Å². The third kappa shape index (κ3) is 4.70. The Labute approximate surface area is 202 Å². The van der Waals surface area contributed by atoms with Crippen molar-refractivity contribution in [2.45, 2.75) is 20.5 Å². The van der Waals surface area contributed by atoms with Gasteiger partial charge in [-0.15, -0.1) is 0 Å². The quantitative estimate of drug-likeness (QED) is 0.381. The standard InChI is InChI=1S/C26H24N6O3/c1-17-12-18(2)32(30-17)24-10-7-19(14-27-24)26(33)29-20-8-9-22(34-3)23(13-20)35-16-21-15-31-11-5-4-6-25(31)28-21/h4-15H,16H2,1-3H3,(H,29,33). The highest BCUT2D eigenvalue weighted by Crippen LogP contribution is 2.31. The second kappa shape index (κ2) is 9.30. The number of imidazole rings is 1. The zero-order chi connectivity index (χ0) is 24.4. The molecule has 0 bridgehead atoms. The minimum absolute atomic E-state index is 0.257. The molecule has 5 rings (SSSR count). The fraction of sp³-hybridized carbons (Fsp3) is 0.154. The smallest absolute Gasteiger partial charge is 0.257 e. The molecule has 5 aromatic rings. The van der Waals surface area contributed by atoms with E-state index in [1.807, 2.05) is 54.9 Å². The largest absolute Gasteiger partial charge is 0.493 e. The van der Waals surface area contributed by atoms with Gasteiger partial charge >= 0.3 is 0 Å². The van der Waals surface area contributed by atoms with E-state index in [9.17, 15) is 4.79 Å². The lowest BCUT2D eigenvalue weighted by Crippen LogP contribution is -2.13. The van der Waals surface area contributed by atoms with Crippen LogP contribution in [0.1, 0.15) is 27.4 Å². The van der Waals surface area contributed by atoms with Gasteiger partial charge in [0.2, 0.25) is 0 Å².